The van der Waals surface area contributed by atoms with Gasteiger partial charge in [0.15, 0.2) is 11.5 Å². The van der Waals surface area contributed by atoms with Crippen molar-refractivity contribution in [3.63, 3.8) is 0 Å². The van der Waals surface area contributed by atoms with Crippen LogP contribution in [0.4, 0.5) is 11.5 Å². The van der Waals surface area contributed by atoms with Gasteiger partial charge in [-0.3, -0.25) is 15.5 Å². The number of rotatable bonds is 9. The van der Waals surface area contributed by atoms with Crippen LogP contribution >= 0.6 is 0 Å². The van der Waals surface area contributed by atoms with Crippen LogP contribution in [0.15, 0.2) is 65.9 Å². The van der Waals surface area contributed by atoms with Gasteiger partial charge in [0.1, 0.15) is 6.61 Å². The Hall–Kier alpha value is -4.47. The van der Waals surface area contributed by atoms with E-state index in [1.165, 1.54) is 43.8 Å². The molecule has 0 aliphatic rings. The van der Waals surface area contributed by atoms with Crippen molar-refractivity contribution in [1.29, 1.82) is 0 Å². The number of nitrogens with zero attached hydrogens (tertiary/aromatic N) is 3. The molecule has 10 heteroatoms. The SMILES string of the molecule is COc1cc(/C=N\Nc2ncccc2[N+](=O)[O-])ccc1OCc1ccc(C(=O)O)cc1. The fraction of sp³-hybridized carbons (Fsp3) is 0.0952. The second kappa shape index (κ2) is 9.83. The highest BCUT2D eigenvalue weighted by Crippen LogP contribution is 2.28. The Bertz CT molecular complexity index is 1120. The third-order valence-electron chi connectivity index (χ3n) is 4.15. The number of ether oxygens (including phenoxy) is 2. The molecular formula is C21H18N4O6. The van der Waals surface area contributed by atoms with Crippen molar-refractivity contribution in [2.24, 2.45) is 5.10 Å². The van der Waals surface area contributed by atoms with E-state index in [0.29, 0.717) is 17.1 Å². The molecule has 0 fully saturated rings. The van der Waals surface area contributed by atoms with Gasteiger partial charge in [-0.2, -0.15) is 5.10 Å². The number of anilines is 1. The monoisotopic (exact) mass is 422 g/mol. The molecule has 0 aliphatic carbocycles. The molecule has 0 radical (unpaired) electrons. The Kier molecular flexibility index (Phi) is 6.74. The number of aromatic nitrogens is 1. The van der Waals surface area contributed by atoms with Gasteiger partial charge >= 0.3 is 11.7 Å². The maximum absolute atomic E-state index is 11.0. The van der Waals surface area contributed by atoms with Gasteiger partial charge in [-0.05, 0) is 47.5 Å². The first-order valence-electron chi connectivity index (χ1n) is 8.99. The number of carboxylic acids is 1. The molecule has 0 atom stereocenters. The lowest BCUT2D eigenvalue weighted by Crippen LogP contribution is -2.01. The summed E-state index contributed by atoms with van der Waals surface area (Å²) in [6.07, 6.45) is 2.89. The zero-order chi connectivity index (χ0) is 22.2. The number of nitro groups is 1. The van der Waals surface area contributed by atoms with E-state index in [-0.39, 0.29) is 23.7 Å². The predicted octanol–water partition coefficient (Wildman–Crippen LogP) is 3.72. The molecule has 3 aromatic rings. The third kappa shape index (κ3) is 5.54. The second-order valence-corrected chi connectivity index (χ2v) is 6.20. The van der Waals surface area contributed by atoms with Crippen molar-refractivity contribution in [3.05, 3.63) is 87.6 Å². The van der Waals surface area contributed by atoms with Crippen LogP contribution in [0.2, 0.25) is 0 Å². The van der Waals surface area contributed by atoms with E-state index in [2.05, 4.69) is 15.5 Å². The molecule has 1 heterocycles. The highest BCUT2D eigenvalue weighted by atomic mass is 16.6. The smallest absolute Gasteiger partial charge is 0.335 e. The zero-order valence-corrected chi connectivity index (χ0v) is 16.4. The van der Waals surface area contributed by atoms with Gasteiger partial charge in [0, 0.05) is 12.3 Å². The van der Waals surface area contributed by atoms with Crippen LogP contribution in [-0.2, 0) is 6.61 Å². The Morgan fingerprint density at radius 1 is 1.23 bits per heavy atom. The summed E-state index contributed by atoms with van der Waals surface area (Å²) in [5, 5.41) is 23.9. The largest absolute Gasteiger partial charge is 0.493 e. The number of benzene rings is 2. The molecule has 2 N–H and O–H groups in total. The highest BCUT2D eigenvalue weighted by Gasteiger charge is 2.13. The van der Waals surface area contributed by atoms with Crippen molar-refractivity contribution in [2.75, 3.05) is 12.5 Å². The van der Waals surface area contributed by atoms with E-state index in [9.17, 15) is 14.9 Å². The van der Waals surface area contributed by atoms with Crippen molar-refractivity contribution in [3.8, 4) is 11.5 Å². The van der Waals surface area contributed by atoms with Crippen molar-refractivity contribution < 1.29 is 24.3 Å². The molecule has 1 aromatic heterocycles. The number of hydrogen-bond acceptors (Lipinski definition) is 8. The molecule has 0 unspecified atom stereocenters. The lowest BCUT2D eigenvalue weighted by atomic mass is 10.1. The number of methoxy groups -OCH3 is 1. The van der Waals surface area contributed by atoms with Crippen molar-refractivity contribution in [1.82, 2.24) is 4.98 Å². The quantitative estimate of drug-likeness (QED) is 0.302. The van der Waals surface area contributed by atoms with Gasteiger partial charge < -0.3 is 14.6 Å². The minimum atomic E-state index is -0.987. The summed E-state index contributed by atoms with van der Waals surface area (Å²) in [7, 11) is 1.50. The number of nitrogens with one attached hydrogen (secondary N) is 1. The molecular weight excluding hydrogens is 404 g/mol. The van der Waals surface area contributed by atoms with Gasteiger partial charge in [-0.25, -0.2) is 9.78 Å². The molecule has 10 nitrogen and oxygen atoms in total. The molecule has 31 heavy (non-hydrogen) atoms. The molecule has 0 amide bonds. The van der Waals surface area contributed by atoms with E-state index in [0.717, 1.165) is 5.56 Å². The number of carboxylic acid groups (broad SMARTS) is 1. The lowest BCUT2D eigenvalue weighted by molar-refractivity contribution is -0.384. The van der Waals surface area contributed by atoms with E-state index in [1.807, 2.05) is 0 Å². The number of carbonyl (C=O) groups is 1. The number of pyridine rings is 1. The molecule has 3 rings (SSSR count). The first-order chi connectivity index (χ1) is 15.0. The average molecular weight is 422 g/mol. The Morgan fingerprint density at radius 3 is 2.68 bits per heavy atom. The van der Waals surface area contributed by atoms with Crippen LogP contribution in [0.25, 0.3) is 0 Å². The Labute approximate surface area is 176 Å². The molecule has 0 saturated carbocycles. The van der Waals surface area contributed by atoms with Gasteiger partial charge in [-0.1, -0.05) is 12.1 Å². The Balaban J connectivity index is 1.66. The summed E-state index contributed by atoms with van der Waals surface area (Å²) in [5.41, 5.74) is 4.05. The maximum Gasteiger partial charge on any atom is 0.335 e. The van der Waals surface area contributed by atoms with E-state index < -0.39 is 10.9 Å². The first kappa shape index (κ1) is 21.2. The summed E-state index contributed by atoms with van der Waals surface area (Å²) in [6, 6.07) is 14.3. The molecule has 0 aliphatic heterocycles. The highest BCUT2D eigenvalue weighted by molar-refractivity contribution is 5.87. The summed E-state index contributed by atoms with van der Waals surface area (Å²) >= 11 is 0. The van der Waals surface area contributed by atoms with Crippen LogP contribution in [0.1, 0.15) is 21.5 Å². The average Bonchev–Trinajstić information content (AvgIpc) is 2.78. The zero-order valence-electron chi connectivity index (χ0n) is 16.4. The second-order valence-electron chi connectivity index (χ2n) is 6.20. The van der Waals surface area contributed by atoms with Crippen LogP contribution in [0.3, 0.4) is 0 Å². The molecule has 0 saturated heterocycles. The van der Waals surface area contributed by atoms with Crippen LogP contribution in [0, 0.1) is 10.1 Å². The van der Waals surface area contributed by atoms with Gasteiger partial charge in [-0.15, -0.1) is 0 Å². The van der Waals surface area contributed by atoms with E-state index in [4.69, 9.17) is 14.6 Å². The predicted molar refractivity (Wildman–Crippen MR) is 113 cm³/mol. The summed E-state index contributed by atoms with van der Waals surface area (Å²) in [4.78, 5) is 25.3. The van der Waals surface area contributed by atoms with Gasteiger partial charge in [0.05, 0.1) is 23.8 Å². The molecule has 0 bridgehead atoms. The summed E-state index contributed by atoms with van der Waals surface area (Å²) in [6.45, 7) is 0.231. The molecule has 158 valence electrons. The number of aromatic carboxylic acids is 1. The summed E-state index contributed by atoms with van der Waals surface area (Å²) in [5.74, 6) is 0.00771. The first-order valence-corrected chi connectivity index (χ1v) is 8.99. The van der Waals surface area contributed by atoms with Crippen LogP contribution in [0.5, 0.6) is 11.5 Å². The fourth-order valence-corrected chi connectivity index (χ4v) is 2.59. The normalized spacial score (nSPS) is 10.6. The Morgan fingerprint density at radius 2 is 2.00 bits per heavy atom. The van der Waals surface area contributed by atoms with Crippen LogP contribution in [-0.4, -0.2) is 34.3 Å². The van der Waals surface area contributed by atoms with Crippen LogP contribution < -0.4 is 14.9 Å². The van der Waals surface area contributed by atoms with Crippen molar-refractivity contribution >= 4 is 23.7 Å². The van der Waals surface area contributed by atoms with E-state index in [1.54, 1.807) is 30.3 Å². The lowest BCUT2D eigenvalue weighted by Gasteiger charge is -2.11. The third-order valence-corrected chi connectivity index (χ3v) is 4.15. The molecule has 0 spiro atoms. The maximum atomic E-state index is 11.0. The van der Waals surface area contributed by atoms with E-state index >= 15 is 0 Å². The summed E-state index contributed by atoms with van der Waals surface area (Å²) < 4.78 is 11.1. The van der Waals surface area contributed by atoms with Gasteiger partial charge in [0.2, 0.25) is 5.82 Å². The number of hydrazone groups is 1. The fourth-order valence-electron chi connectivity index (χ4n) is 2.59. The van der Waals surface area contributed by atoms with Crippen molar-refractivity contribution in [2.45, 2.75) is 6.61 Å². The molecule has 2 aromatic carbocycles. The number of hydrogen-bond donors (Lipinski definition) is 2. The van der Waals surface area contributed by atoms with Gasteiger partial charge in [0.25, 0.3) is 0 Å². The minimum Gasteiger partial charge on any atom is -0.493 e. The standard InChI is InChI=1S/C21H18N4O6/c1-30-19-11-15(12-23-24-20-17(25(28)29)3-2-10-22-20)6-9-18(19)31-13-14-4-7-16(8-5-14)21(26)27/h2-12H,13H2,1H3,(H,22,24)(H,26,27)/b23-12-. The topological polar surface area (TPSA) is 136 Å². The minimum absolute atomic E-state index is 0.0320.